The Kier molecular flexibility index (Phi) is 7.80. The van der Waals surface area contributed by atoms with Gasteiger partial charge in [0, 0.05) is 42.6 Å². The Balaban J connectivity index is 1.33. The van der Waals surface area contributed by atoms with Crippen molar-refractivity contribution in [1.82, 2.24) is 25.1 Å². The number of hydrogen-bond donors (Lipinski definition) is 1. The van der Waals surface area contributed by atoms with Gasteiger partial charge in [0.15, 0.2) is 4.34 Å². The number of rotatable bonds is 7. The molecular formula is C23H31N5O2S2. The monoisotopic (exact) mass is 473 g/mol. The summed E-state index contributed by atoms with van der Waals surface area (Å²) in [7, 11) is 0. The van der Waals surface area contributed by atoms with E-state index in [1.807, 2.05) is 30.3 Å². The molecule has 2 aromatic heterocycles. The molecule has 9 heteroatoms. The van der Waals surface area contributed by atoms with E-state index in [1.165, 1.54) is 36.6 Å². The number of thiazole rings is 1. The van der Waals surface area contributed by atoms with Gasteiger partial charge in [-0.25, -0.2) is 4.98 Å². The second-order valence-corrected chi connectivity index (χ2v) is 10.6. The molecule has 2 aliphatic heterocycles. The van der Waals surface area contributed by atoms with Gasteiger partial charge >= 0.3 is 0 Å². The fraction of sp³-hybridized carbons (Fsp3) is 0.565. The van der Waals surface area contributed by atoms with Gasteiger partial charge in [0.1, 0.15) is 0 Å². The number of aromatic nitrogens is 2. The van der Waals surface area contributed by atoms with E-state index in [1.54, 1.807) is 11.3 Å². The molecule has 172 valence electrons. The molecule has 4 rings (SSSR count). The van der Waals surface area contributed by atoms with Crippen LogP contribution in [0.15, 0.2) is 15.9 Å². The lowest BCUT2D eigenvalue weighted by molar-refractivity contribution is -0.129. The van der Waals surface area contributed by atoms with Crippen molar-refractivity contribution in [1.29, 1.82) is 0 Å². The smallest absolute Gasteiger partial charge is 0.234 e. The van der Waals surface area contributed by atoms with Crippen LogP contribution in [0.1, 0.15) is 47.3 Å². The second-order valence-electron chi connectivity index (χ2n) is 8.55. The minimum Gasteiger partial charge on any atom is -0.351 e. The number of nitrogens with zero attached hydrogens (tertiary/aromatic N) is 4. The predicted octanol–water partition coefficient (Wildman–Crippen LogP) is 2.93. The third kappa shape index (κ3) is 5.88. The van der Waals surface area contributed by atoms with Gasteiger partial charge < -0.3 is 10.2 Å². The molecule has 2 aromatic rings. The number of aryl methyl sites for hydroxylation is 2. The van der Waals surface area contributed by atoms with Crippen LogP contribution in [0.4, 0.5) is 0 Å². The number of piperidine rings is 1. The second kappa shape index (κ2) is 10.8. The summed E-state index contributed by atoms with van der Waals surface area (Å²) >= 11 is 3.09. The van der Waals surface area contributed by atoms with E-state index < -0.39 is 0 Å². The number of carbonyl (C=O) groups excluding carboxylic acids is 2. The highest BCUT2D eigenvalue weighted by Crippen LogP contribution is 2.26. The first kappa shape index (κ1) is 23.2. The minimum absolute atomic E-state index is 0.0750. The molecule has 0 radical (unpaired) electrons. The molecule has 0 aliphatic carbocycles. The Morgan fingerprint density at radius 2 is 2.00 bits per heavy atom. The molecule has 32 heavy (non-hydrogen) atoms. The lowest BCUT2D eigenvalue weighted by Crippen LogP contribution is -2.40. The van der Waals surface area contributed by atoms with Crippen LogP contribution in [0.2, 0.25) is 0 Å². The van der Waals surface area contributed by atoms with Crippen LogP contribution < -0.4 is 5.32 Å². The molecule has 0 aromatic carbocycles. The third-order valence-corrected chi connectivity index (χ3v) is 8.27. The van der Waals surface area contributed by atoms with Gasteiger partial charge in [-0.3, -0.25) is 19.5 Å². The summed E-state index contributed by atoms with van der Waals surface area (Å²) in [6.07, 6.45) is 6.31. The zero-order chi connectivity index (χ0) is 22.5. The summed E-state index contributed by atoms with van der Waals surface area (Å²) in [5.74, 6) is 0.609. The van der Waals surface area contributed by atoms with Crippen LogP contribution in [0, 0.1) is 13.8 Å². The molecule has 0 bridgehead atoms. The molecule has 2 aliphatic rings. The Hall–Kier alpha value is -1.97. The molecule has 4 heterocycles. The topological polar surface area (TPSA) is 78.4 Å². The van der Waals surface area contributed by atoms with E-state index in [4.69, 9.17) is 0 Å². The summed E-state index contributed by atoms with van der Waals surface area (Å²) in [5, 5.41) is 5.11. The third-order valence-electron chi connectivity index (χ3n) is 6.14. The van der Waals surface area contributed by atoms with E-state index in [0.717, 1.165) is 46.4 Å². The van der Waals surface area contributed by atoms with E-state index >= 15 is 0 Å². The van der Waals surface area contributed by atoms with Crippen LogP contribution in [-0.4, -0.2) is 63.5 Å². The number of hydrogen-bond acceptors (Lipinski definition) is 7. The van der Waals surface area contributed by atoms with Gasteiger partial charge in [-0.2, -0.15) is 0 Å². The highest BCUT2D eigenvalue weighted by molar-refractivity contribution is 8.01. The number of nitrogens with one attached hydrogen (secondary N) is 1. The first-order chi connectivity index (χ1) is 15.5. The van der Waals surface area contributed by atoms with Crippen molar-refractivity contribution in [2.24, 2.45) is 0 Å². The largest absolute Gasteiger partial charge is 0.351 e. The number of thioether (sulfide) groups is 1. The van der Waals surface area contributed by atoms with Gasteiger partial charge in [0.25, 0.3) is 0 Å². The minimum atomic E-state index is 0.0750. The first-order valence-electron chi connectivity index (χ1n) is 11.3. The van der Waals surface area contributed by atoms with Crippen LogP contribution in [-0.2, 0) is 29.1 Å². The number of likely N-dealkylation sites (tertiary alicyclic amines) is 1. The van der Waals surface area contributed by atoms with Gasteiger partial charge in [0.05, 0.1) is 12.3 Å². The quantitative estimate of drug-likeness (QED) is 0.623. The summed E-state index contributed by atoms with van der Waals surface area (Å²) in [6.45, 7) is 8.23. The van der Waals surface area contributed by atoms with Gasteiger partial charge in [-0.1, -0.05) is 18.2 Å². The van der Waals surface area contributed by atoms with Crippen molar-refractivity contribution >= 4 is 34.9 Å². The summed E-state index contributed by atoms with van der Waals surface area (Å²) in [5.41, 5.74) is 5.38. The zero-order valence-electron chi connectivity index (χ0n) is 18.9. The van der Waals surface area contributed by atoms with Crippen molar-refractivity contribution < 1.29 is 9.59 Å². The Morgan fingerprint density at radius 3 is 2.75 bits per heavy atom. The van der Waals surface area contributed by atoms with Crippen LogP contribution in [0.3, 0.4) is 0 Å². The Morgan fingerprint density at radius 1 is 1.19 bits per heavy atom. The van der Waals surface area contributed by atoms with E-state index in [9.17, 15) is 9.59 Å². The molecule has 0 saturated carbocycles. The van der Waals surface area contributed by atoms with E-state index in [-0.39, 0.29) is 11.8 Å². The maximum absolute atomic E-state index is 12.7. The van der Waals surface area contributed by atoms with E-state index in [0.29, 0.717) is 31.9 Å². The molecule has 7 nitrogen and oxygen atoms in total. The van der Waals surface area contributed by atoms with Crippen molar-refractivity contribution in [3.63, 3.8) is 0 Å². The van der Waals surface area contributed by atoms with Gasteiger partial charge in [-0.15, -0.1) is 11.3 Å². The van der Waals surface area contributed by atoms with Crippen molar-refractivity contribution in [2.45, 2.75) is 57.0 Å². The Labute approximate surface area is 198 Å². The molecule has 1 fully saturated rings. The average Bonchev–Trinajstić information content (AvgIpc) is 3.22. The molecule has 1 N–H and O–H groups in total. The SMILES string of the molecule is Cc1csc(SCC(=O)N2CCc3c(cnc(C)c3CNC(=O)CN3CCCCC3)C2)n1. The molecule has 2 amide bonds. The Bertz CT molecular complexity index is 971. The first-order valence-corrected chi connectivity index (χ1v) is 13.1. The number of amides is 2. The number of fused-ring (bicyclic) bond motifs is 1. The fourth-order valence-electron chi connectivity index (χ4n) is 4.35. The van der Waals surface area contributed by atoms with Crippen LogP contribution >= 0.6 is 23.1 Å². The van der Waals surface area contributed by atoms with Crippen molar-refractivity contribution in [3.8, 4) is 0 Å². The zero-order valence-corrected chi connectivity index (χ0v) is 20.5. The summed E-state index contributed by atoms with van der Waals surface area (Å²) < 4.78 is 0.938. The lowest BCUT2D eigenvalue weighted by Gasteiger charge is -2.30. The highest BCUT2D eigenvalue weighted by Gasteiger charge is 2.24. The molecule has 0 atom stereocenters. The van der Waals surface area contributed by atoms with Gasteiger partial charge in [0.2, 0.25) is 11.8 Å². The highest BCUT2D eigenvalue weighted by atomic mass is 32.2. The van der Waals surface area contributed by atoms with Crippen LogP contribution in [0.5, 0.6) is 0 Å². The summed E-state index contributed by atoms with van der Waals surface area (Å²) in [4.78, 5) is 38.3. The normalized spacial score (nSPS) is 16.6. The standard InChI is InChI=1S/C23H31N5O2S2/c1-16-14-31-23(26-16)32-15-22(30)28-9-6-19-18(12-28)10-24-17(2)20(19)11-25-21(29)13-27-7-4-3-5-8-27/h10,14H,3-9,11-13,15H2,1-2H3,(H,25,29). The van der Waals surface area contributed by atoms with E-state index in [2.05, 4.69) is 20.2 Å². The average molecular weight is 474 g/mol. The molecular weight excluding hydrogens is 442 g/mol. The van der Waals surface area contributed by atoms with Crippen molar-refractivity contribution in [2.75, 3.05) is 31.9 Å². The van der Waals surface area contributed by atoms with Gasteiger partial charge in [-0.05, 0) is 62.9 Å². The number of carbonyl (C=O) groups is 2. The molecule has 0 spiro atoms. The molecule has 1 saturated heterocycles. The maximum atomic E-state index is 12.7. The fourth-order valence-corrected chi connectivity index (χ4v) is 6.10. The molecule has 0 unspecified atom stereocenters. The van der Waals surface area contributed by atoms with Crippen molar-refractivity contribution in [3.05, 3.63) is 39.7 Å². The maximum Gasteiger partial charge on any atom is 0.234 e. The number of pyridine rings is 1. The lowest BCUT2D eigenvalue weighted by atomic mass is 9.95. The van der Waals surface area contributed by atoms with Crippen LogP contribution in [0.25, 0.3) is 0 Å². The predicted molar refractivity (Wildman–Crippen MR) is 128 cm³/mol. The summed E-state index contributed by atoms with van der Waals surface area (Å²) in [6, 6.07) is 0.